The molecule has 0 atom stereocenters. The molecule has 2 amide bonds. The third kappa shape index (κ3) is 4.10. The molecule has 2 aromatic carbocycles. The van der Waals surface area contributed by atoms with Crippen LogP contribution in [0.5, 0.6) is 5.75 Å². The van der Waals surface area contributed by atoms with Crippen LogP contribution >= 0.6 is 11.8 Å². The molecule has 5 nitrogen and oxygen atoms in total. The van der Waals surface area contributed by atoms with Crippen LogP contribution in [0.1, 0.15) is 11.1 Å². The Bertz CT molecular complexity index is 961. The van der Waals surface area contributed by atoms with E-state index in [1.54, 1.807) is 48.6 Å². The SMILES string of the molecule is C=CCc1cc(/C=C2\SC(=O)N(c3ccccc3)C2=O)ccc1OCC#N. The number of allylic oxidation sites excluding steroid dienone is 1. The van der Waals surface area contributed by atoms with Gasteiger partial charge in [0.1, 0.15) is 11.8 Å². The zero-order chi connectivity index (χ0) is 19.2. The average molecular weight is 376 g/mol. The van der Waals surface area contributed by atoms with Gasteiger partial charge in [0.15, 0.2) is 6.61 Å². The summed E-state index contributed by atoms with van der Waals surface area (Å²) in [6.45, 7) is 3.69. The van der Waals surface area contributed by atoms with Crippen LogP contribution < -0.4 is 9.64 Å². The fraction of sp³-hybridized carbons (Fsp3) is 0.0952. The van der Waals surface area contributed by atoms with Crippen molar-refractivity contribution < 1.29 is 14.3 Å². The number of hydrogen-bond donors (Lipinski definition) is 0. The van der Waals surface area contributed by atoms with Gasteiger partial charge in [-0.3, -0.25) is 9.59 Å². The van der Waals surface area contributed by atoms with Crippen molar-refractivity contribution >= 4 is 34.7 Å². The van der Waals surface area contributed by atoms with E-state index in [1.807, 2.05) is 18.2 Å². The number of nitrogens with zero attached hydrogens (tertiary/aromatic N) is 2. The molecule has 1 saturated heterocycles. The number of benzene rings is 2. The lowest BCUT2D eigenvalue weighted by molar-refractivity contribution is -0.113. The summed E-state index contributed by atoms with van der Waals surface area (Å²) < 4.78 is 5.41. The maximum absolute atomic E-state index is 12.7. The molecule has 2 aromatic rings. The summed E-state index contributed by atoms with van der Waals surface area (Å²) in [6, 6.07) is 16.2. The van der Waals surface area contributed by atoms with Crippen LogP contribution in [0.25, 0.3) is 6.08 Å². The number of carbonyl (C=O) groups is 2. The molecule has 27 heavy (non-hydrogen) atoms. The molecule has 0 aromatic heterocycles. The highest BCUT2D eigenvalue weighted by molar-refractivity contribution is 8.19. The molecule has 6 heteroatoms. The number of carbonyl (C=O) groups excluding carboxylic acids is 2. The Morgan fingerprint density at radius 2 is 1.96 bits per heavy atom. The van der Waals surface area contributed by atoms with Crippen molar-refractivity contribution in [1.29, 1.82) is 5.26 Å². The van der Waals surface area contributed by atoms with E-state index in [9.17, 15) is 9.59 Å². The molecule has 0 saturated carbocycles. The smallest absolute Gasteiger partial charge is 0.298 e. The summed E-state index contributed by atoms with van der Waals surface area (Å²) in [5, 5.41) is 8.36. The first-order chi connectivity index (χ1) is 13.1. The highest BCUT2D eigenvalue weighted by atomic mass is 32.2. The van der Waals surface area contributed by atoms with Crippen LogP contribution in [0.2, 0.25) is 0 Å². The number of anilines is 1. The van der Waals surface area contributed by atoms with E-state index >= 15 is 0 Å². The summed E-state index contributed by atoms with van der Waals surface area (Å²) in [5.41, 5.74) is 2.18. The molecule has 0 bridgehead atoms. The molecule has 1 fully saturated rings. The molecule has 1 aliphatic heterocycles. The largest absolute Gasteiger partial charge is 0.478 e. The van der Waals surface area contributed by atoms with E-state index in [-0.39, 0.29) is 17.8 Å². The van der Waals surface area contributed by atoms with Gasteiger partial charge in [0, 0.05) is 0 Å². The standard InChI is InChI=1S/C21H16N2O3S/c1-2-6-16-13-15(9-10-18(16)26-12-11-22)14-19-20(24)23(21(25)27-19)17-7-4-3-5-8-17/h2-5,7-10,13-14H,1,6,12H2/b19-14-. The second-order valence-electron chi connectivity index (χ2n) is 5.66. The third-order valence-corrected chi connectivity index (χ3v) is 4.72. The number of para-hydroxylation sites is 1. The normalized spacial score (nSPS) is 15.1. The number of ether oxygens (including phenoxy) is 1. The summed E-state index contributed by atoms with van der Waals surface area (Å²) in [7, 11) is 0. The molecule has 134 valence electrons. The molecule has 0 radical (unpaired) electrons. The molecule has 1 heterocycles. The lowest BCUT2D eigenvalue weighted by Crippen LogP contribution is -2.27. The van der Waals surface area contributed by atoms with Gasteiger partial charge >= 0.3 is 0 Å². The number of nitriles is 1. The van der Waals surface area contributed by atoms with Crippen LogP contribution in [0, 0.1) is 11.3 Å². The van der Waals surface area contributed by atoms with Gasteiger partial charge in [0.2, 0.25) is 0 Å². The lowest BCUT2D eigenvalue weighted by Gasteiger charge is -2.11. The van der Waals surface area contributed by atoms with Gasteiger partial charge in [0.05, 0.1) is 10.6 Å². The minimum atomic E-state index is -0.341. The summed E-state index contributed by atoms with van der Waals surface area (Å²) in [5.74, 6) is 0.261. The van der Waals surface area contributed by atoms with Gasteiger partial charge in [-0.2, -0.15) is 5.26 Å². The summed E-state index contributed by atoms with van der Waals surface area (Å²) in [6.07, 6.45) is 3.99. The van der Waals surface area contributed by atoms with Crippen LogP contribution in [0.4, 0.5) is 10.5 Å². The topological polar surface area (TPSA) is 70.4 Å². The van der Waals surface area contributed by atoms with E-state index in [1.165, 1.54) is 4.90 Å². The van der Waals surface area contributed by atoms with Crippen molar-refractivity contribution in [2.45, 2.75) is 6.42 Å². The summed E-state index contributed by atoms with van der Waals surface area (Å²) >= 11 is 0.913. The van der Waals surface area contributed by atoms with E-state index in [4.69, 9.17) is 10.00 Å². The van der Waals surface area contributed by atoms with E-state index in [0.29, 0.717) is 22.8 Å². The van der Waals surface area contributed by atoms with Crippen molar-refractivity contribution in [3.63, 3.8) is 0 Å². The third-order valence-electron chi connectivity index (χ3n) is 3.85. The fourth-order valence-electron chi connectivity index (χ4n) is 2.67. The Balaban J connectivity index is 1.89. The Morgan fingerprint density at radius 3 is 2.67 bits per heavy atom. The van der Waals surface area contributed by atoms with Crippen LogP contribution in [-0.2, 0) is 11.2 Å². The number of rotatable bonds is 6. The average Bonchev–Trinajstić information content (AvgIpc) is 2.95. The molecule has 0 aliphatic carbocycles. The predicted molar refractivity (Wildman–Crippen MR) is 106 cm³/mol. The second-order valence-corrected chi connectivity index (χ2v) is 6.65. The molecule has 1 aliphatic rings. The van der Waals surface area contributed by atoms with Crippen LogP contribution in [0.3, 0.4) is 0 Å². The number of thioether (sulfide) groups is 1. The molecule has 0 N–H and O–H groups in total. The lowest BCUT2D eigenvalue weighted by atomic mass is 10.1. The van der Waals surface area contributed by atoms with Crippen molar-refractivity contribution in [1.82, 2.24) is 0 Å². The number of imide groups is 1. The summed E-state index contributed by atoms with van der Waals surface area (Å²) in [4.78, 5) is 26.5. The van der Waals surface area contributed by atoms with Crippen molar-refractivity contribution in [3.05, 3.63) is 77.2 Å². The van der Waals surface area contributed by atoms with Crippen molar-refractivity contribution in [3.8, 4) is 11.8 Å². The predicted octanol–water partition coefficient (Wildman–Crippen LogP) is 4.56. The zero-order valence-electron chi connectivity index (χ0n) is 14.4. The minimum Gasteiger partial charge on any atom is -0.478 e. The van der Waals surface area contributed by atoms with Crippen molar-refractivity contribution in [2.24, 2.45) is 0 Å². The first-order valence-electron chi connectivity index (χ1n) is 8.20. The Labute approximate surface area is 161 Å². The van der Waals surface area contributed by atoms with Crippen LogP contribution in [0.15, 0.2) is 66.1 Å². The van der Waals surface area contributed by atoms with E-state index in [2.05, 4.69) is 6.58 Å². The van der Waals surface area contributed by atoms with Crippen LogP contribution in [-0.4, -0.2) is 17.8 Å². The highest BCUT2D eigenvalue weighted by Gasteiger charge is 2.36. The molecular formula is C21H16N2O3S. The number of amides is 2. The molecule has 0 unspecified atom stereocenters. The van der Waals surface area contributed by atoms with Gasteiger partial charge in [-0.15, -0.1) is 6.58 Å². The fourth-order valence-corrected chi connectivity index (χ4v) is 3.52. The Hall–Kier alpha value is -3.30. The zero-order valence-corrected chi connectivity index (χ0v) is 15.2. The van der Waals surface area contributed by atoms with Gasteiger partial charge in [-0.25, -0.2) is 4.90 Å². The van der Waals surface area contributed by atoms with E-state index < -0.39 is 0 Å². The number of hydrogen-bond acceptors (Lipinski definition) is 5. The second kappa shape index (κ2) is 8.39. The van der Waals surface area contributed by atoms with E-state index in [0.717, 1.165) is 22.9 Å². The highest BCUT2D eigenvalue weighted by Crippen LogP contribution is 2.36. The van der Waals surface area contributed by atoms with Crippen molar-refractivity contribution in [2.75, 3.05) is 11.5 Å². The maximum atomic E-state index is 12.7. The first kappa shape index (κ1) is 18.5. The van der Waals surface area contributed by atoms with Gasteiger partial charge in [-0.05, 0) is 59.7 Å². The van der Waals surface area contributed by atoms with Gasteiger partial charge < -0.3 is 4.74 Å². The molecular weight excluding hydrogens is 360 g/mol. The minimum absolute atomic E-state index is 0.0422. The Morgan fingerprint density at radius 1 is 1.19 bits per heavy atom. The van der Waals surface area contributed by atoms with Gasteiger partial charge in [0.25, 0.3) is 11.1 Å². The Kier molecular flexibility index (Phi) is 5.74. The first-order valence-corrected chi connectivity index (χ1v) is 9.02. The maximum Gasteiger partial charge on any atom is 0.298 e. The van der Waals surface area contributed by atoms with Gasteiger partial charge in [-0.1, -0.05) is 30.3 Å². The monoisotopic (exact) mass is 376 g/mol. The molecule has 3 rings (SSSR count). The molecule has 0 spiro atoms. The quantitative estimate of drug-likeness (QED) is 0.546.